The van der Waals surface area contributed by atoms with Gasteiger partial charge in [-0.2, -0.15) is 0 Å². The molecule has 1 N–H and O–H groups in total. The Morgan fingerprint density at radius 1 is 0.373 bits per heavy atom. The van der Waals surface area contributed by atoms with Gasteiger partial charge < -0.3 is 29.1 Å². The van der Waals surface area contributed by atoms with Crippen molar-refractivity contribution in [2.24, 2.45) is 0 Å². The predicted octanol–water partition coefficient (Wildman–Crippen LogP) is 20.9. The number of carbonyl (C=O) groups excluding carboxylic acids is 3. The van der Waals surface area contributed by atoms with Gasteiger partial charge in [0.05, 0.1) is 32.8 Å². The van der Waals surface area contributed by atoms with Gasteiger partial charge in [0.1, 0.15) is 12.9 Å². The van der Waals surface area contributed by atoms with Gasteiger partial charge in [0.2, 0.25) is 5.75 Å². The van der Waals surface area contributed by atoms with Crippen LogP contribution in [0.2, 0.25) is 0 Å². The fourth-order valence-corrected chi connectivity index (χ4v) is 10.2. The molecule has 0 saturated heterocycles. The maximum absolute atomic E-state index is 13.6. The number of ether oxygens (including phenoxy) is 4. The quantitative estimate of drug-likeness (QED) is 0.0394. The van der Waals surface area contributed by atoms with Crippen molar-refractivity contribution in [1.82, 2.24) is 5.32 Å². The van der Waals surface area contributed by atoms with Crippen molar-refractivity contribution in [2.75, 3.05) is 33.0 Å². The molecule has 0 spiro atoms. The highest BCUT2D eigenvalue weighted by atomic mass is 16.5. The van der Waals surface area contributed by atoms with Gasteiger partial charge in [-0.05, 0) is 31.4 Å². The average Bonchev–Trinajstić information content (AvgIpc) is 3.42. The lowest BCUT2D eigenvalue weighted by Gasteiger charge is -2.19. The smallest absolute Gasteiger partial charge is 0.306 e. The Kier molecular flexibility index (Phi) is 53.8. The van der Waals surface area contributed by atoms with Gasteiger partial charge in [-0.3, -0.25) is 9.59 Å². The number of carbonyl (C=O) groups is 3. The van der Waals surface area contributed by atoms with Gasteiger partial charge in [-0.25, -0.2) is 0 Å². The third-order valence-electron chi connectivity index (χ3n) is 15.2. The van der Waals surface area contributed by atoms with Crippen molar-refractivity contribution >= 4 is 18.2 Å². The normalized spacial score (nSPS) is 11.3. The number of esters is 1. The largest absolute Gasteiger partial charge is 0.490 e. The summed E-state index contributed by atoms with van der Waals surface area (Å²) in [5.74, 6) is 0.980. The zero-order valence-corrected chi connectivity index (χ0v) is 50.0. The summed E-state index contributed by atoms with van der Waals surface area (Å²) >= 11 is 0. The zero-order valence-electron chi connectivity index (χ0n) is 50.0. The van der Waals surface area contributed by atoms with Crippen molar-refractivity contribution in [3.05, 3.63) is 17.7 Å². The molecule has 1 rings (SSSR count). The van der Waals surface area contributed by atoms with Crippen LogP contribution in [0.3, 0.4) is 0 Å². The highest BCUT2D eigenvalue weighted by Crippen LogP contribution is 2.40. The van der Waals surface area contributed by atoms with Crippen LogP contribution < -0.4 is 19.5 Å². The van der Waals surface area contributed by atoms with E-state index < -0.39 is 5.97 Å². The van der Waals surface area contributed by atoms with E-state index in [-0.39, 0.29) is 31.9 Å². The van der Waals surface area contributed by atoms with Crippen LogP contribution in [0.4, 0.5) is 0 Å². The molecule has 0 aromatic heterocycles. The van der Waals surface area contributed by atoms with E-state index in [0.717, 1.165) is 38.5 Å². The van der Waals surface area contributed by atoms with Crippen LogP contribution in [0.15, 0.2) is 12.1 Å². The van der Waals surface area contributed by atoms with Crippen LogP contribution in [0, 0.1) is 0 Å². The van der Waals surface area contributed by atoms with Crippen LogP contribution in [0.25, 0.3) is 0 Å². The van der Waals surface area contributed by atoms with Crippen LogP contribution in [0.5, 0.6) is 17.2 Å². The van der Waals surface area contributed by atoms with E-state index in [1.165, 1.54) is 270 Å². The average molecular weight is 1050 g/mol. The molecule has 1 aromatic carbocycles. The molecule has 0 aliphatic carbocycles. The lowest BCUT2D eigenvalue weighted by molar-refractivity contribution is -0.144. The molecular formula is C67H123NO7. The van der Waals surface area contributed by atoms with Crippen LogP contribution >= 0.6 is 0 Å². The summed E-state index contributed by atoms with van der Waals surface area (Å²) in [5, 5.41) is 2.90. The molecule has 1 aromatic rings. The Morgan fingerprint density at radius 3 is 0.920 bits per heavy atom. The third-order valence-corrected chi connectivity index (χ3v) is 15.2. The third kappa shape index (κ3) is 47.0. The van der Waals surface area contributed by atoms with Gasteiger partial charge in [0.15, 0.2) is 11.5 Å². The van der Waals surface area contributed by atoms with Crippen molar-refractivity contribution < 1.29 is 33.3 Å². The second-order valence-corrected chi connectivity index (χ2v) is 22.4. The molecule has 1 amide bonds. The maximum Gasteiger partial charge on any atom is 0.306 e. The van der Waals surface area contributed by atoms with E-state index >= 15 is 0 Å². The highest BCUT2D eigenvalue weighted by Gasteiger charge is 2.20. The van der Waals surface area contributed by atoms with Crippen molar-refractivity contribution in [3.63, 3.8) is 0 Å². The first-order valence-corrected chi connectivity index (χ1v) is 33.0. The fraction of sp³-hybridized carbons (Fsp3) is 0.866. The van der Waals surface area contributed by atoms with E-state index in [0.29, 0.717) is 48.9 Å². The minimum Gasteiger partial charge on any atom is -0.490 e. The van der Waals surface area contributed by atoms with Gasteiger partial charge in [-0.15, -0.1) is 0 Å². The summed E-state index contributed by atoms with van der Waals surface area (Å²) in [6, 6.07) is 3.59. The number of nitrogens with one attached hydrogen (secondary N) is 1. The van der Waals surface area contributed by atoms with Crippen LogP contribution in [-0.2, 0) is 14.3 Å². The summed E-state index contributed by atoms with van der Waals surface area (Å²) in [6.45, 7) is 8.74. The number of rotatable bonds is 61. The Labute approximate surface area is 464 Å². The Bertz CT molecular complexity index is 1330. The molecule has 0 bridgehead atoms. The number of hydrogen-bond donors (Lipinski definition) is 1. The highest BCUT2D eigenvalue weighted by molar-refractivity contribution is 5.95. The van der Waals surface area contributed by atoms with E-state index in [4.69, 9.17) is 18.9 Å². The summed E-state index contributed by atoms with van der Waals surface area (Å²) in [7, 11) is 0. The molecule has 0 aliphatic heterocycles. The number of hydrogen-bond acceptors (Lipinski definition) is 7. The minimum absolute atomic E-state index is 0.0369. The zero-order chi connectivity index (χ0) is 54.0. The molecular weight excluding hydrogens is 931 g/mol. The summed E-state index contributed by atoms with van der Waals surface area (Å²) in [4.78, 5) is 36.3. The van der Waals surface area contributed by atoms with E-state index in [2.05, 4.69) is 26.1 Å². The molecule has 438 valence electrons. The topological polar surface area (TPSA) is 100 Å². The molecule has 0 aliphatic rings. The van der Waals surface area contributed by atoms with E-state index in [9.17, 15) is 14.4 Å². The Morgan fingerprint density at radius 2 is 0.640 bits per heavy atom. The van der Waals surface area contributed by atoms with E-state index in [1.54, 1.807) is 12.1 Å². The van der Waals surface area contributed by atoms with Gasteiger partial charge in [-0.1, -0.05) is 310 Å². The van der Waals surface area contributed by atoms with Gasteiger partial charge >= 0.3 is 5.97 Å². The van der Waals surface area contributed by atoms with Crippen molar-refractivity contribution in [1.29, 1.82) is 0 Å². The maximum atomic E-state index is 13.6. The molecule has 0 radical (unpaired) electrons. The summed E-state index contributed by atoms with van der Waals surface area (Å²) < 4.78 is 24.8. The first-order chi connectivity index (χ1) is 37.1. The lowest BCUT2D eigenvalue weighted by Crippen LogP contribution is -2.28. The monoisotopic (exact) mass is 1050 g/mol. The van der Waals surface area contributed by atoms with Crippen molar-refractivity contribution in [2.45, 2.75) is 342 Å². The number of aldehydes is 1. The molecule has 0 saturated carbocycles. The van der Waals surface area contributed by atoms with Gasteiger partial charge in [0, 0.05) is 12.0 Å². The summed E-state index contributed by atoms with van der Waals surface area (Å²) in [6.07, 6.45) is 64.3. The minimum atomic E-state index is -0.447. The van der Waals surface area contributed by atoms with Crippen LogP contribution in [-0.4, -0.2) is 51.1 Å². The number of benzene rings is 1. The molecule has 8 heteroatoms. The van der Waals surface area contributed by atoms with Gasteiger partial charge in [0.25, 0.3) is 5.91 Å². The van der Waals surface area contributed by atoms with Crippen LogP contribution in [0.1, 0.15) is 352 Å². The second-order valence-electron chi connectivity index (χ2n) is 22.4. The first-order valence-electron chi connectivity index (χ1n) is 33.0. The molecule has 75 heavy (non-hydrogen) atoms. The number of amides is 1. The van der Waals surface area contributed by atoms with E-state index in [1.807, 2.05) is 0 Å². The predicted molar refractivity (Wildman–Crippen MR) is 320 cm³/mol. The molecule has 0 unspecified atom stereocenters. The molecule has 0 atom stereocenters. The Hall–Kier alpha value is -2.77. The SMILES string of the molecule is CCCCCCCCCCCCCCCCCCOc1cc(C(=O)NCCOC(=O)CCC=O)cc(OCCCCCCCCCCCCCCCCCC)c1OCCCCCCCCCCCCCCCCCC. The number of unbranched alkanes of at least 4 members (excludes halogenated alkanes) is 45. The molecule has 0 fully saturated rings. The summed E-state index contributed by atoms with van der Waals surface area (Å²) in [5.41, 5.74) is 0.431. The van der Waals surface area contributed by atoms with Crippen molar-refractivity contribution in [3.8, 4) is 17.2 Å². The lowest BCUT2D eigenvalue weighted by atomic mass is 10.0. The first kappa shape index (κ1) is 70.2. The second kappa shape index (κ2) is 57.4. The molecule has 8 nitrogen and oxygen atoms in total. The standard InChI is InChI=1S/C67H123NO7/c1-4-7-10-13-16-19-22-25-28-31-34-37-40-43-46-49-56-72-63-60-62(67(71)68-54-59-74-65(70)53-52-55-69)61-64(73-57-50-47-44-41-38-35-32-29-26-23-20-17-14-11-8-5-2)66(63)75-58-51-48-45-42-39-36-33-30-27-24-21-18-15-12-9-6-3/h55,60-61H,4-54,56-59H2,1-3H3,(H,68,71). The Balaban J connectivity index is 2.77. The fourth-order valence-electron chi connectivity index (χ4n) is 10.2. The molecule has 0 heterocycles.